The van der Waals surface area contributed by atoms with Gasteiger partial charge in [-0.25, -0.2) is 34.3 Å². The number of aliphatic imine (C=N–C) groups is 1. The number of hydrogen-bond donors (Lipinski definition) is 11. The number of fused-ring (bicyclic) bond motifs is 6. The lowest BCUT2D eigenvalue weighted by molar-refractivity contribution is -0.534. The molecule has 0 spiro atoms. The number of hydrogen-bond acceptors (Lipinski definition) is 29. The van der Waals surface area contributed by atoms with Crippen molar-refractivity contribution in [2.75, 3.05) is 6.61 Å². The minimum absolute atomic E-state index is 0. The third-order valence-corrected chi connectivity index (χ3v) is 16.8. The first-order chi connectivity index (χ1) is 53.7. The average Bonchev–Trinajstić information content (AvgIpc) is 0.837. The van der Waals surface area contributed by atoms with Crippen molar-refractivity contribution in [1.29, 1.82) is 0 Å². The quantitative estimate of drug-likeness (QED) is 0.0149. The molecule has 598 valence electrons. The molecule has 32 nitrogen and oxygen atoms in total. The molecular weight excluding hydrogens is 1620 g/mol. The Balaban J connectivity index is 0.000000209. The standard InChI is InChI=1S/C14H4Cl6O4.C14H9NO4.C13H9NO2.C12H7NO3.C10H10N4O2.C7H14O5.C5H7N.CH4.2H2O2/c15-5-1-7(17)11(8(18)2-5)23-13(21)14(22)24-12-9(19)3-6(16)4-10(12)20;1-8(16)15-11-4-2-9(17)6-13(11)19-14-7-10(18)3-5-12(14)15;1-8-2-4-10-12(6-8)16-13-7-9(15)3-5-11(13)14-10;14-7-1-3-9-11(5-7)16-12-6-8(15)2-4-10(12)13-9;1-7-3-13(5-11-7)9(15)10(16)14-4-8(2)12-6-14;1-3-5(9)4(2-8)12-7(11)6(3)10;1-5-3-2-4-6-5;;2*1-2/h1-4H;2-7H,1H3;2-7,15H,1H2;1-6,14H;3-6H,1-2H3;3-11H,2H2,1H3;3-4H,2H2,1H3;1H4;2*1-2H/p+1/t;;;;;3-,4+,5-,6+,7-;;;;/m.....0..../s1. The van der Waals surface area contributed by atoms with Gasteiger partial charge in [0.05, 0.1) is 51.1 Å². The van der Waals surface area contributed by atoms with Gasteiger partial charge in [0.1, 0.15) is 64.4 Å². The number of aromatic nitrogens is 6. The number of rotatable bonds is 3. The molecule has 7 aliphatic rings. The molecule has 0 radical (unpaired) electrons. The number of carbonyl (C=O) groups is 5. The largest absolute Gasteiger partial charge is 0.508 e. The number of imidazole rings is 2. The molecule has 38 heteroatoms. The fourth-order valence-electron chi connectivity index (χ4n) is 9.94. The lowest BCUT2D eigenvalue weighted by atomic mass is 9.91. The number of aliphatic hydroxyl groups excluding tert-OH is 4. The Hall–Kier alpha value is -11.4. The lowest BCUT2D eigenvalue weighted by Crippen LogP contribution is -2.54. The zero-order valence-electron chi connectivity index (χ0n) is 59.2. The summed E-state index contributed by atoms with van der Waals surface area (Å²) in [7, 11) is 0. The van der Waals surface area contributed by atoms with E-state index in [1.165, 1.54) is 103 Å². The van der Waals surface area contributed by atoms with Crippen LogP contribution < -0.4 is 40.2 Å². The van der Waals surface area contributed by atoms with Gasteiger partial charge in [-0.3, -0.25) is 54.3 Å². The van der Waals surface area contributed by atoms with Gasteiger partial charge in [0, 0.05) is 89.2 Å². The second-order valence-corrected chi connectivity index (χ2v) is 26.0. The fraction of sp³-hybridized carbons (Fsp3) is 0.171. The maximum absolute atomic E-state index is 11.8. The van der Waals surface area contributed by atoms with Crippen molar-refractivity contribution in [2.45, 2.75) is 73.1 Å². The molecule has 0 unspecified atom stereocenters. The van der Waals surface area contributed by atoms with Gasteiger partial charge < -0.3 is 63.5 Å². The number of carbonyl (C=O) groups excluding carboxylic acids is 5. The third-order valence-electron chi connectivity index (χ3n) is 15.3. The van der Waals surface area contributed by atoms with E-state index in [2.05, 4.69) is 37.6 Å². The van der Waals surface area contributed by atoms with Crippen molar-refractivity contribution >= 4 is 140 Å². The SMILES string of the molecule is C.C=c1ccc2c(c1)Oc1cc(O)ccc1N=2.CC(=O)[n+]1c2ccc(=O)cc-2oc2cc(O)ccc21.CC1=CCC=N1.C[C@@H]1[C@@H](O)[C@@H](O)O[C@H](CO)[C@H]1O.Cc1cn(C(=O)C(=O)n2cnc(C)c2)cn1.O=C(Oc1c(Cl)cc(Cl)cc1Cl)C(=O)Oc1c(Cl)cc(Cl)cc1Cl.O=c1ccc2nc3ccc(O)cc3oc-2c1.OO.OO. The highest BCUT2D eigenvalue weighted by molar-refractivity contribution is 6.42. The van der Waals surface area contributed by atoms with E-state index < -0.39 is 54.3 Å². The maximum atomic E-state index is 11.8. The highest BCUT2D eigenvalue weighted by Crippen LogP contribution is 2.39. The number of ether oxygens (including phenoxy) is 4. The number of halogens is 6. The summed E-state index contributed by atoms with van der Waals surface area (Å²) in [5, 5.41) is 90.4. The Morgan fingerprint density at radius 2 is 1.12 bits per heavy atom. The Morgan fingerprint density at radius 1 is 0.614 bits per heavy atom. The van der Waals surface area contributed by atoms with Crippen LogP contribution in [0.15, 0.2) is 199 Å². The smallest absolute Gasteiger partial charge is 0.423 e. The molecule has 1 fully saturated rings. The van der Waals surface area contributed by atoms with Gasteiger partial charge in [-0.2, -0.15) is 0 Å². The Morgan fingerprint density at radius 3 is 1.62 bits per heavy atom. The van der Waals surface area contributed by atoms with Crippen LogP contribution in [-0.2, 0) is 14.3 Å². The van der Waals surface area contributed by atoms with Crippen LogP contribution in [0.1, 0.15) is 60.4 Å². The van der Waals surface area contributed by atoms with Crippen LogP contribution in [0.4, 0.5) is 5.69 Å². The molecule has 8 aromatic rings. The molecule has 5 atom stereocenters. The van der Waals surface area contributed by atoms with Gasteiger partial charge >= 0.3 is 29.7 Å². The summed E-state index contributed by atoms with van der Waals surface area (Å²) < 4.78 is 34.8. The van der Waals surface area contributed by atoms with E-state index in [9.17, 15) is 59.1 Å². The van der Waals surface area contributed by atoms with E-state index in [0.29, 0.717) is 68.0 Å². The number of aromatic hydroxyl groups is 3. The number of esters is 2. The van der Waals surface area contributed by atoms with E-state index in [0.717, 1.165) is 37.5 Å². The highest BCUT2D eigenvalue weighted by atomic mass is 35.5. The zero-order valence-corrected chi connectivity index (χ0v) is 63.8. The van der Waals surface area contributed by atoms with Crippen molar-refractivity contribution in [3.63, 3.8) is 0 Å². The summed E-state index contributed by atoms with van der Waals surface area (Å²) in [5.41, 5.74) is 6.03. The number of allylic oxidation sites excluding steroid dienone is 2. The zero-order chi connectivity index (χ0) is 83.2. The lowest BCUT2D eigenvalue weighted by Gasteiger charge is -2.38. The van der Waals surface area contributed by atoms with Crippen LogP contribution >= 0.6 is 69.6 Å². The molecule has 6 aromatic carbocycles. The minimum atomic E-state index is -1.39. The Bertz CT molecular complexity index is 5530. The first-order valence-electron chi connectivity index (χ1n) is 32.3. The van der Waals surface area contributed by atoms with E-state index >= 15 is 0 Å². The summed E-state index contributed by atoms with van der Waals surface area (Å²) in [6.45, 7) is 12.0. The molecule has 11 N–H and O–H groups in total. The van der Waals surface area contributed by atoms with Gasteiger partial charge in [-0.05, 0) is 111 Å². The van der Waals surface area contributed by atoms with Gasteiger partial charge in [0.2, 0.25) is 11.3 Å². The van der Waals surface area contributed by atoms with Gasteiger partial charge in [0.25, 0.3) is 11.2 Å². The molecule has 114 heavy (non-hydrogen) atoms. The van der Waals surface area contributed by atoms with E-state index in [1.807, 2.05) is 31.3 Å². The second kappa shape index (κ2) is 42.5. The molecule has 7 heterocycles. The number of nitrogens with zero attached hydrogens (tertiary/aromatic N) is 8. The average molecular weight is 1690 g/mol. The van der Waals surface area contributed by atoms with Crippen LogP contribution in [0.5, 0.6) is 40.2 Å². The number of benzene rings is 8. The van der Waals surface area contributed by atoms with Crippen LogP contribution in [0.25, 0.3) is 51.7 Å². The van der Waals surface area contributed by atoms with Gasteiger partial charge in [-0.15, -0.1) is 4.57 Å². The molecule has 0 saturated carbocycles. The minimum Gasteiger partial charge on any atom is -0.508 e. The summed E-state index contributed by atoms with van der Waals surface area (Å²) >= 11 is 34.9. The summed E-state index contributed by atoms with van der Waals surface area (Å²) in [5.74, 6) is -2.97. The number of phenols is 3. The van der Waals surface area contributed by atoms with Gasteiger partial charge in [0.15, 0.2) is 51.5 Å². The monoisotopic (exact) mass is 1690 g/mol. The van der Waals surface area contributed by atoms with Crippen molar-refractivity contribution < 1.29 is 113 Å². The van der Waals surface area contributed by atoms with Crippen LogP contribution in [0, 0.1) is 19.8 Å². The summed E-state index contributed by atoms with van der Waals surface area (Å²) in [6.07, 6.45) is 6.53. The molecule has 15 rings (SSSR count). The number of aryl methyl sites for hydroxylation is 2. The molecule has 2 aromatic heterocycles. The molecule has 1 saturated heterocycles. The molecule has 0 bridgehead atoms. The number of aliphatic hydroxyl groups is 4. The normalized spacial score (nSPS) is 15.0. The predicted octanol–water partition coefficient (Wildman–Crippen LogP) is 12.3. The number of phenolic OH excluding ortho intramolecular Hbond substituents is 3. The summed E-state index contributed by atoms with van der Waals surface area (Å²) in [6, 6.07) is 33.4. The first kappa shape index (κ1) is 91.5. The van der Waals surface area contributed by atoms with Crippen LogP contribution in [0.2, 0.25) is 30.1 Å². The first-order valence-corrected chi connectivity index (χ1v) is 34.6. The van der Waals surface area contributed by atoms with Crippen LogP contribution in [0.3, 0.4) is 0 Å². The second-order valence-electron chi connectivity index (χ2n) is 23.5. The Labute approximate surface area is 674 Å². The highest BCUT2D eigenvalue weighted by Gasteiger charge is 2.41. The van der Waals surface area contributed by atoms with Crippen molar-refractivity contribution in [1.82, 2.24) is 24.1 Å². The van der Waals surface area contributed by atoms with E-state index in [1.54, 1.807) is 69.3 Å². The topological polar surface area (TPSA) is 482 Å². The van der Waals surface area contributed by atoms with Crippen molar-refractivity contribution in [3.05, 3.63) is 243 Å². The fourth-order valence-corrected chi connectivity index (χ4v) is 11.7. The molecule has 2 aliphatic carbocycles. The summed E-state index contributed by atoms with van der Waals surface area (Å²) in [4.78, 5) is 102. The predicted molar refractivity (Wildman–Crippen MR) is 419 cm³/mol. The Kier molecular flexibility index (Phi) is 34.1. The van der Waals surface area contributed by atoms with E-state index in [-0.39, 0.29) is 89.7 Å². The third kappa shape index (κ3) is 24.5. The van der Waals surface area contributed by atoms with Gasteiger partial charge in [-0.1, -0.05) is 103 Å². The van der Waals surface area contributed by atoms with Crippen molar-refractivity contribution in [2.24, 2.45) is 15.9 Å². The van der Waals surface area contributed by atoms with E-state index in [4.69, 9.17) is 129 Å². The molecular formula is C76H69Cl6N8O24+. The van der Waals surface area contributed by atoms with Crippen molar-refractivity contribution in [3.8, 4) is 63.2 Å². The molecule has 0 amide bonds. The maximum Gasteiger partial charge on any atom is 0.423 e. The van der Waals surface area contributed by atoms with Crippen LogP contribution in [-0.4, -0.2) is 148 Å². The molecule has 5 aliphatic heterocycles.